The number of likely N-dealkylation sites (N-methyl/N-ethyl adjacent to an activating group) is 1. The standard InChI is InChI=1S/C32H35F3N2O/c1-36(23-26-18-21-37-28(14-17-30(26)37)22-24-8-4-2-5-9-24)20-19-31(25-10-6-3-7-11-25)38-29-15-12-27(13-16-29)32(33,34)35/h2-12,14-15,17,26,31H,13,16,18-23H2,1H3. The van der Waals surface area contributed by atoms with Crippen LogP contribution < -0.4 is 0 Å². The van der Waals surface area contributed by atoms with Crippen molar-refractivity contribution in [1.82, 2.24) is 9.47 Å². The second-order valence-electron chi connectivity index (χ2n) is 10.4. The summed E-state index contributed by atoms with van der Waals surface area (Å²) in [6, 6.07) is 25.1. The average Bonchev–Trinajstić information content (AvgIpc) is 3.50. The topological polar surface area (TPSA) is 17.4 Å². The molecule has 2 unspecified atom stereocenters. The number of rotatable bonds is 10. The SMILES string of the molecule is CN(CCC(OC1=CC=C(C(F)(F)F)CC1)c1ccccc1)CC1CCn2c(Cc3ccccc3)ccc21. The lowest BCUT2D eigenvalue weighted by Gasteiger charge is -2.27. The van der Waals surface area contributed by atoms with Gasteiger partial charge in [-0.05, 0) is 49.2 Å². The number of hydrogen-bond acceptors (Lipinski definition) is 2. The zero-order valence-electron chi connectivity index (χ0n) is 21.8. The molecule has 2 aliphatic rings. The summed E-state index contributed by atoms with van der Waals surface area (Å²) >= 11 is 0. The van der Waals surface area contributed by atoms with Gasteiger partial charge in [-0.25, -0.2) is 0 Å². The number of aromatic nitrogens is 1. The van der Waals surface area contributed by atoms with Crippen LogP contribution in [0.3, 0.4) is 0 Å². The van der Waals surface area contributed by atoms with E-state index in [1.165, 1.54) is 23.0 Å². The van der Waals surface area contributed by atoms with Gasteiger partial charge in [0.05, 0.1) is 5.76 Å². The minimum absolute atomic E-state index is 0.0374. The molecule has 3 aromatic rings. The Bertz CT molecular complexity index is 1260. The molecule has 1 aliphatic heterocycles. The molecule has 5 rings (SSSR count). The summed E-state index contributed by atoms with van der Waals surface area (Å²) in [4.78, 5) is 2.36. The van der Waals surface area contributed by atoms with Crippen LogP contribution in [0.4, 0.5) is 13.2 Å². The highest BCUT2D eigenvalue weighted by molar-refractivity contribution is 5.29. The molecule has 6 heteroatoms. The Kier molecular flexibility index (Phi) is 8.08. The minimum Gasteiger partial charge on any atom is -0.490 e. The number of benzene rings is 2. The van der Waals surface area contributed by atoms with Crippen molar-refractivity contribution in [2.24, 2.45) is 0 Å². The van der Waals surface area contributed by atoms with Crippen molar-refractivity contribution in [3.8, 4) is 0 Å². The van der Waals surface area contributed by atoms with Gasteiger partial charge in [-0.1, -0.05) is 66.7 Å². The second-order valence-corrected chi connectivity index (χ2v) is 10.4. The lowest BCUT2D eigenvalue weighted by atomic mass is 10.0. The van der Waals surface area contributed by atoms with E-state index in [9.17, 15) is 13.2 Å². The first-order valence-corrected chi connectivity index (χ1v) is 13.5. The lowest BCUT2D eigenvalue weighted by Crippen LogP contribution is -2.26. The highest BCUT2D eigenvalue weighted by Crippen LogP contribution is 2.36. The zero-order chi connectivity index (χ0) is 26.5. The maximum atomic E-state index is 13.0. The summed E-state index contributed by atoms with van der Waals surface area (Å²) in [5.41, 5.74) is 4.68. The van der Waals surface area contributed by atoms with Gasteiger partial charge in [-0.15, -0.1) is 0 Å². The monoisotopic (exact) mass is 520 g/mol. The van der Waals surface area contributed by atoms with Crippen molar-refractivity contribution in [3.05, 3.63) is 119 Å². The van der Waals surface area contributed by atoms with Gasteiger partial charge in [0.2, 0.25) is 0 Å². The van der Waals surface area contributed by atoms with E-state index in [0.29, 0.717) is 11.7 Å². The third-order valence-electron chi connectivity index (χ3n) is 7.70. The second kappa shape index (κ2) is 11.6. The van der Waals surface area contributed by atoms with E-state index in [2.05, 4.69) is 59.0 Å². The number of nitrogens with zero attached hydrogens (tertiary/aromatic N) is 2. The number of fused-ring (bicyclic) bond motifs is 1. The number of alkyl halides is 3. The molecule has 0 spiro atoms. The fourth-order valence-corrected chi connectivity index (χ4v) is 5.64. The highest BCUT2D eigenvalue weighted by Gasteiger charge is 2.34. The molecule has 1 aromatic heterocycles. The van der Waals surface area contributed by atoms with Crippen LogP contribution in [0.25, 0.3) is 0 Å². The van der Waals surface area contributed by atoms with Crippen molar-refractivity contribution >= 4 is 0 Å². The van der Waals surface area contributed by atoms with Gasteiger partial charge >= 0.3 is 6.18 Å². The maximum Gasteiger partial charge on any atom is 0.412 e. The van der Waals surface area contributed by atoms with Gasteiger partial charge in [-0.3, -0.25) is 0 Å². The Morgan fingerprint density at radius 3 is 2.37 bits per heavy atom. The summed E-state index contributed by atoms with van der Waals surface area (Å²) in [6.07, 6.45) is 1.28. The van der Waals surface area contributed by atoms with Crippen molar-refractivity contribution in [1.29, 1.82) is 0 Å². The molecular weight excluding hydrogens is 485 g/mol. The first-order valence-electron chi connectivity index (χ1n) is 13.5. The van der Waals surface area contributed by atoms with Crippen LogP contribution in [0.15, 0.2) is 96.3 Å². The molecule has 2 heterocycles. The van der Waals surface area contributed by atoms with E-state index in [-0.39, 0.29) is 18.9 Å². The minimum atomic E-state index is -4.27. The van der Waals surface area contributed by atoms with Crippen LogP contribution in [0.2, 0.25) is 0 Å². The molecule has 0 N–H and O–H groups in total. The van der Waals surface area contributed by atoms with E-state index < -0.39 is 11.7 Å². The van der Waals surface area contributed by atoms with Gasteiger partial charge < -0.3 is 14.2 Å². The Morgan fingerprint density at radius 2 is 1.68 bits per heavy atom. The number of hydrogen-bond donors (Lipinski definition) is 0. The van der Waals surface area contributed by atoms with Crippen LogP contribution in [-0.2, 0) is 17.7 Å². The summed E-state index contributed by atoms with van der Waals surface area (Å²) < 4.78 is 47.8. The Labute approximate surface area is 223 Å². The Balaban J connectivity index is 1.20. The summed E-state index contributed by atoms with van der Waals surface area (Å²) in [5.74, 6) is 1.11. The predicted octanol–water partition coefficient (Wildman–Crippen LogP) is 7.81. The third-order valence-corrected chi connectivity index (χ3v) is 7.70. The van der Waals surface area contributed by atoms with Crippen molar-refractivity contribution in [3.63, 3.8) is 0 Å². The molecule has 0 saturated carbocycles. The largest absolute Gasteiger partial charge is 0.490 e. The first kappa shape index (κ1) is 26.4. The molecule has 0 saturated heterocycles. The van der Waals surface area contributed by atoms with Crippen LogP contribution >= 0.6 is 0 Å². The molecule has 2 atom stereocenters. The molecule has 2 aromatic carbocycles. The third kappa shape index (κ3) is 6.41. The lowest BCUT2D eigenvalue weighted by molar-refractivity contribution is -0.0945. The van der Waals surface area contributed by atoms with Crippen LogP contribution in [-0.4, -0.2) is 35.8 Å². The van der Waals surface area contributed by atoms with E-state index in [4.69, 9.17) is 4.74 Å². The molecule has 0 radical (unpaired) electrons. The molecular formula is C32H35F3N2O. The van der Waals surface area contributed by atoms with E-state index in [1.807, 2.05) is 30.3 Å². The van der Waals surface area contributed by atoms with E-state index in [0.717, 1.165) is 50.5 Å². The van der Waals surface area contributed by atoms with Gasteiger partial charge in [0.25, 0.3) is 0 Å². The summed E-state index contributed by atoms with van der Waals surface area (Å²) in [6.45, 7) is 2.86. The van der Waals surface area contributed by atoms with Crippen molar-refractivity contribution in [2.45, 2.75) is 56.8 Å². The van der Waals surface area contributed by atoms with Gasteiger partial charge in [0.15, 0.2) is 0 Å². The van der Waals surface area contributed by atoms with Gasteiger partial charge in [0, 0.05) is 61.8 Å². The van der Waals surface area contributed by atoms with E-state index in [1.54, 1.807) is 0 Å². The molecule has 1 aliphatic carbocycles. The Morgan fingerprint density at radius 1 is 0.947 bits per heavy atom. The van der Waals surface area contributed by atoms with Crippen LogP contribution in [0.1, 0.15) is 60.2 Å². The Hall–Kier alpha value is -3.25. The quantitative estimate of drug-likeness (QED) is 0.271. The summed E-state index contributed by atoms with van der Waals surface area (Å²) in [7, 11) is 2.15. The average molecular weight is 521 g/mol. The highest BCUT2D eigenvalue weighted by atomic mass is 19.4. The fraction of sp³-hybridized carbons (Fsp3) is 0.375. The first-order chi connectivity index (χ1) is 18.4. The summed E-state index contributed by atoms with van der Waals surface area (Å²) in [5, 5.41) is 0. The molecule has 0 fully saturated rings. The van der Waals surface area contributed by atoms with Gasteiger partial charge in [0.1, 0.15) is 6.10 Å². The molecule has 200 valence electrons. The molecule has 3 nitrogen and oxygen atoms in total. The smallest absolute Gasteiger partial charge is 0.412 e. The normalized spacial score (nSPS) is 18.2. The van der Waals surface area contributed by atoms with Crippen molar-refractivity contribution < 1.29 is 17.9 Å². The predicted molar refractivity (Wildman–Crippen MR) is 145 cm³/mol. The number of halogens is 3. The van der Waals surface area contributed by atoms with E-state index >= 15 is 0 Å². The number of allylic oxidation sites excluding steroid dienone is 4. The molecule has 38 heavy (non-hydrogen) atoms. The van der Waals surface area contributed by atoms with Crippen molar-refractivity contribution in [2.75, 3.05) is 20.1 Å². The zero-order valence-corrected chi connectivity index (χ0v) is 21.8. The molecule has 0 amide bonds. The number of ether oxygens (including phenoxy) is 1. The maximum absolute atomic E-state index is 13.0. The molecule has 0 bridgehead atoms. The van der Waals surface area contributed by atoms with Crippen LogP contribution in [0.5, 0.6) is 0 Å². The van der Waals surface area contributed by atoms with Gasteiger partial charge in [-0.2, -0.15) is 13.2 Å². The fourth-order valence-electron chi connectivity index (χ4n) is 5.64. The van der Waals surface area contributed by atoms with Crippen LogP contribution in [0, 0.1) is 0 Å².